The zero-order valence-electron chi connectivity index (χ0n) is 13.6. The minimum Gasteiger partial charge on any atom is -0.294 e. The summed E-state index contributed by atoms with van der Waals surface area (Å²) in [6, 6.07) is 10.3. The molecule has 1 aliphatic rings. The molecule has 5 nitrogen and oxygen atoms in total. The van der Waals surface area contributed by atoms with E-state index in [-0.39, 0.29) is 17.5 Å². The summed E-state index contributed by atoms with van der Waals surface area (Å²) in [5.41, 5.74) is 2.36. The molecule has 0 aliphatic heterocycles. The third-order valence-electron chi connectivity index (χ3n) is 4.72. The number of carbonyl (C=O) groups excluding carboxylic acids is 1. The molecule has 0 bridgehead atoms. The number of carbonyl (C=O) groups is 1. The first kappa shape index (κ1) is 15.3. The number of fused-ring (bicyclic) bond motifs is 3. The van der Waals surface area contributed by atoms with Gasteiger partial charge in [0.05, 0.1) is 16.1 Å². The average Bonchev–Trinajstić information content (AvgIpc) is 3.31. The normalized spacial score (nSPS) is 16.8. The summed E-state index contributed by atoms with van der Waals surface area (Å²) < 4.78 is 14.9. The Hall–Kier alpha value is -2.93. The molecule has 0 radical (unpaired) electrons. The van der Waals surface area contributed by atoms with E-state index in [2.05, 4.69) is 15.1 Å². The summed E-state index contributed by atoms with van der Waals surface area (Å²) in [6.45, 7) is 0. The van der Waals surface area contributed by atoms with E-state index in [9.17, 15) is 9.18 Å². The number of halogens is 1. The third kappa shape index (κ3) is 2.43. The van der Waals surface area contributed by atoms with E-state index in [1.807, 2.05) is 17.5 Å². The molecule has 1 aromatic carbocycles. The van der Waals surface area contributed by atoms with Crippen LogP contribution in [0.1, 0.15) is 34.0 Å². The fraction of sp³-hybridized carbons (Fsp3) is 0.158. The number of benzene rings is 1. The van der Waals surface area contributed by atoms with Crippen molar-refractivity contribution in [2.45, 2.75) is 18.8 Å². The van der Waals surface area contributed by atoms with Gasteiger partial charge in [-0.15, -0.1) is 16.4 Å². The second-order valence-electron chi connectivity index (χ2n) is 6.32. The molecule has 5 rings (SSSR count). The summed E-state index contributed by atoms with van der Waals surface area (Å²) in [4.78, 5) is 22.4. The summed E-state index contributed by atoms with van der Waals surface area (Å²) >= 11 is 1.56. The Balaban J connectivity index is 1.62. The van der Waals surface area contributed by atoms with Gasteiger partial charge < -0.3 is 0 Å². The van der Waals surface area contributed by atoms with Gasteiger partial charge in [0.2, 0.25) is 0 Å². The van der Waals surface area contributed by atoms with Crippen LogP contribution in [0.15, 0.2) is 48.0 Å². The van der Waals surface area contributed by atoms with Crippen LogP contribution in [0.25, 0.3) is 16.5 Å². The van der Waals surface area contributed by atoms with Crippen molar-refractivity contribution in [3.63, 3.8) is 0 Å². The fourth-order valence-corrected chi connectivity index (χ4v) is 4.08. The number of rotatable bonds is 2. The highest BCUT2D eigenvalue weighted by atomic mass is 32.1. The van der Waals surface area contributed by atoms with Crippen molar-refractivity contribution in [2.24, 2.45) is 0 Å². The lowest BCUT2D eigenvalue weighted by Crippen LogP contribution is -2.22. The SMILES string of the molecule is O=C1CC(c2ccc(F)cc2)Cc2c1cnc1nc(-c3cccs3)nn21. The Labute approximate surface area is 152 Å². The molecule has 128 valence electrons. The maximum absolute atomic E-state index is 13.2. The van der Waals surface area contributed by atoms with Crippen LogP contribution in [-0.4, -0.2) is 25.4 Å². The van der Waals surface area contributed by atoms with Gasteiger partial charge in [-0.05, 0) is 41.5 Å². The van der Waals surface area contributed by atoms with Crippen LogP contribution in [0.5, 0.6) is 0 Å². The molecule has 1 unspecified atom stereocenters. The van der Waals surface area contributed by atoms with Crippen LogP contribution in [0.2, 0.25) is 0 Å². The lowest BCUT2D eigenvalue weighted by Gasteiger charge is -2.23. The van der Waals surface area contributed by atoms with E-state index in [0.29, 0.717) is 30.0 Å². The van der Waals surface area contributed by atoms with Crippen LogP contribution in [0.4, 0.5) is 4.39 Å². The van der Waals surface area contributed by atoms with Gasteiger partial charge >= 0.3 is 0 Å². The Morgan fingerprint density at radius 3 is 2.77 bits per heavy atom. The van der Waals surface area contributed by atoms with Gasteiger partial charge in [0.1, 0.15) is 5.82 Å². The molecule has 0 amide bonds. The number of ketones is 1. The Bertz CT molecular complexity index is 1120. The first-order valence-corrected chi connectivity index (χ1v) is 9.14. The van der Waals surface area contributed by atoms with Gasteiger partial charge in [-0.25, -0.2) is 9.37 Å². The molecule has 1 aliphatic carbocycles. The monoisotopic (exact) mass is 364 g/mol. The van der Waals surface area contributed by atoms with Crippen molar-refractivity contribution < 1.29 is 9.18 Å². The summed E-state index contributed by atoms with van der Waals surface area (Å²) in [5, 5.41) is 6.56. The van der Waals surface area contributed by atoms with E-state index in [1.165, 1.54) is 12.1 Å². The molecule has 4 aromatic rings. The number of nitrogens with zero attached hydrogens (tertiary/aromatic N) is 4. The molecule has 0 N–H and O–H groups in total. The van der Waals surface area contributed by atoms with Crippen molar-refractivity contribution in [3.8, 4) is 10.7 Å². The van der Waals surface area contributed by atoms with Gasteiger partial charge in [0.25, 0.3) is 5.78 Å². The maximum atomic E-state index is 13.2. The lowest BCUT2D eigenvalue weighted by atomic mass is 9.82. The van der Waals surface area contributed by atoms with Crippen molar-refractivity contribution in [1.29, 1.82) is 0 Å². The van der Waals surface area contributed by atoms with E-state index in [1.54, 1.807) is 34.2 Å². The van der Waals surface area contributed by atoms with E-state index in [0.717, 1.165) is 16.1 Å². The maximum Gasteiger partial charge on any atom is 0.253 e. The number of aromatic nitrogens is 4. The highest BCUT2D eigenvalue weighted by Crippen LogP contribution is 2.33. The van der Waals surface area contributed by atoms with Gasteiger partial charge in [0, 0.05) is 12.6 Å². The molecule has 0 spiro atoms. The van der Waals surface area contributed by atoms with Crippen molar-refractivity contribution in [3.05, 3.63) is 70.6 Å². The second-order valence-corrected chi connectivity index (χ2v) is 7.27. The van der Waals surface area contributed by atoms with Crippen LogP contribution in [0, 0.1) is 5.82 Å². The van der Waals surface area contributed by atoms with Gasteiger partial charge in [-0.3, -0.25) is 4.79 Å². The first-order chi connectivity index (χ1) is 12.7. The summed E-state index contributed by atoms with van der Waals surface area (Å²) in [6.07, 6.45) is 2.62. The molecule has 7 heteroatoms. The highest BCUT2D eigenvalue weighted by Gasteiger charge is 2.29. The van der Waals surface area contributed by atoms with Gasteiger partial charge in [-0.2, -0.15) is 9.50 Å². The smallest absolute Gasteiger partial charge is 0.253 e. The molecule has 26 heavy (non-hydrogen) atoms. The van der Waals surface area contributed by atoms with Crippen LogP contribution in [-0.2, 0) is 6.42 Å². The van der Waals surface area contributed by atoms with Crippen LogP contribution in [0.3, 0.4) is 0 Å². The molecule has 3 heterocycles. The first-order valence-electron chi connectivity index (χ1n) is 8.26. The predicted octanol–water partition coefficient (Wildman–Crippen LogP) is 3.90. The largest absolute Gasteiger partial charge is 0.294 e. The molecule has 0 saturated heterocycles. The van der Waals surface area contributed by atoms with Crippen molar-refractivity contribution in [2.75, 3.05) is 0 Å². The minimum atomic E-state index is -0.278. The Morgan fingerprint density at radius 1 is 1.15 bits per heavy atom. The molecule has 3 aromatic heterocycles. The number of hydrogen-bond donors (Lipinski definition) is 0. The minimum absolute atomic E-state index is 0.00409. The Kier molecular flexibility index (Phi) is 3.43. The van der Waals surface area contributed by atoms with Crippen LogP contribution >= 0.6 is 11.3 Å². The standard InChI is InChI=1S/C19H13FN4OS/c20-13-5-3-11(4-6-13)12-8-15-14(16(25)9-12)10-21-19-22-18(23-24(15)19)17-2-1-7-26-17/h1-7,10,12H,8-9H2. The molecular weight excluding hydrogens is 351 g/mol. The highest BCUT2D eigenvalue weighted by molar-refractivity contribution is 7.13. The molecule has 0 saturated carbocycles. The van der Waals surface area contributed by atoms with Crippen LogP contribution < -0.4 is 0 Å². The summed E-state index contributed by atoms with van der Waals surface area (Å²) in [5.74, 6) is 0.843. The zero-order valence-corrected chi connectivity index (χ0v) is 14.4. The topological polar surface area (TPSA) is 60.2 Å². The summed E-state index contributed by atoms with van der Waals surface area (Å²) in [7, 11) is 0. The van der Waals surface area contributed by atoms with Gasteiger partial charge in [-0.1, -0.05) is 18.2 Å². The van der Waals surface area contributed by atoms with E-state index >= 15 is 0 Å². The molecular formula is C19H13FN4OS. The van der Waals surface area contributed by atoms with E-state index in [4.69, 9.17) is 0 Å². The molecule has 0 fully saturated rings. The van der Waals surface area contributed by atoms with Gasteiger partial charge in [0.15, 0.2) is 11.6 Å². The van der Waals surface area contributed by atoms with E-state index < -0.39 is 0 Å². The van der Waals surface area contributed by atoms with Crippen molar-refractivity contribution in [1.82, 2.24) is 19.6 Å². The Morgan fingerprint density at radius 2 is 2.00 bits per heavy atom. The average molecular weight is 364 g/mol. The lowest BCUT2D eigenvalue weighted by molar-refractivity contribution is 0.0962. The third-order valence-corrected chi connectivity index (χ3v) is 5.59. The van der Waals surface area contributed by atoms with Crippen molar-refractivity contribution >= 4 is 22.9 Å². The number of Topliss-reactive ketones (excluding diaryl/α,β-unsaturated/α-hetero) is 1. The predicted molar refractivity (Wildman–Crippen MR) is 95.9 cm³/mol. The fourth-order valence-electron chi connectivity index (χ4n) is 3.43. The number of hydrogen-bond acceptors (Lipinski definition) is 5. The number of thiophene rings is 1. The molecule has 1 atom stereocenters. The zero-order chi connectivity index (χ0) is 17.7. The quantitative estimate of drug-likeness (QED) is 0.541. The second kappa shape index (κ2) is 5.81.